The van der Waals surface area contributed by atoms with Crippen molar-refractivity contribution in [1.29, 1.82) is 0 Å². The molecule has 19 heavy (non-hydrogen) atoms. The second kappa shape index (κ2) is 7.13. The van der Waals surface area contributed by atoms with E-state index in [4.69, 9.17) is 15.6 Å². The van der Waals surface area contributed by atoms with Crippen LogP contribution in [0.15, 0.2) is 0 Å². The predicted octanol–water partition coefficient (Wildman–Crippen LogP) is -2.40. The van der Waals surface area contributed by atoms with Gasteiger partial charge in [-0.15, -0.1) is 0 Å². The molecule has 0 saturated carbocycles. The fourth-order valence-electron chi connectivity index (χ4n) is 1.94. The van der Waals surface area contributed by atoms with E-state index in [1.54, 1.807) is 0 Å². The summed E-state index contributed by atoms with van der Waals surface area (Å²) < 4.78 is 4.90. The zero-order valence-corrected chi connectivity index (χ0v) is 10.7. The van der Waals surface area contributed by atoms with E-state index < -0.39 is 30.0 Å². The van der Waals surface area contributed by atoms with Crippen LogP contribution in [0.3, 0.4) is 0 Å². The molecule has 4 unspecified atom stereocenters. The van der Waals surface area contributed by atoms with E-state index in [9.17, 15) is 20.1 Å². The summed E-state index contributed by atoms with van der Waals surface area (Å²) in [5.41, 5.74) is 5.33. The molecule has 0 bridgehead atoms. The third kappa shape index (κ3) is 4.37. The normalized spacial score (nSPS) is 32.4. The molecule has 1 aliphatic rings. The average Bonchev–Trinajstić information content (AvgIpc) is 2.62. The Balaban J connectivity index is 2.45. The van der Waals surface area contributed by atoms with E-state index in [1.165, 1.54) is 0 Å². The Bertz CT molecular complexity index is 303. The number of nitrogens with one attached hydrogen (secondary N) is 1. The number of unbranched alkanes of at least 4 members (excludes halogenated alkanes) is 1. The van der Waals surface area contributed by atoms with Gasteiger partial charge in [-0.2, -0.15) is 0 Å². The first-order valence-corrected chi connectivity index (χ1v) is 6.29. The number of hydrogen-bond acceptors (Lipinski definition) is 7. The van der Waals surface area contributed by atoms with Crippen molar-refractivity contribution in [3.05, 3.63) is 0 Å². The zero-order chi connectivity index (χ0) is 14.5. The summed E-state index contributed by atoms with van der Waals surface area (Å²) in [6, 6.07) is -0.857. The minimum absolute atomic E-state index is 0.190. The summed E-state index contributed by atoms with van der Waals surface area (Å²) in [6.07, 6.45) is -0.912. The van der Waals surface area contributed by atoms with Gasteiger partial charge in [-0.05, 0) is 19.4 Å². The van der Waals surface area contributed by atoms with Crippen molar-refractivity contribution in [2.24, 2.45) is 5.73 Å². The minimum Gasteiger partial charge on any atom is -0.480 e. The van der Waals surface area contributed by atoms with Gasteiger partial charge in [0.15, 0.2) is 0 Å². The van der Waals surface area contributed by atoms with E-state index >= 15 is 0 Å². The molecular formula is C11H22N2O6. The number of aliphatic hydroxyl groups is 3. The number of carboxylic acid groups (broad SMARTS) is 1. The standard InChI is InChI=1S/C11H22N2O6/c12-4-2-1-3-7(10(16)17)13-6-11(18)9(15)8(14)5-19-11/h7-9,13-15,18H,1-6,12H2,(H,16,17). The van der Waals surface area contributed by atoms with Gasteiger partial charge in [0.2, 0.25) is 5.79 Å². The molecule has 112 valence electrons. The third-order valence-corrected chi connectivity index (χ3v) is 3.18. The number of aliphatic carboxylic acids is 1. The molecule has 1 rings (SSSR count). The molecule has 8 nitrogen and oxygen atoms in total. The van der Waals surface area contributed by atoms with Crippen molar-refractivity contribution < 1.29 is 30.0 Å². The van der Waals surface area contributed by atoms with Crippen molar-refractivity contribution in [1.82, 2.24) is 5.32 Å². The van der Waals surface area contributed by atoms with Crippen LogP contribution >= 0.6 is 0 Å². The zero-order valence-electron chi connectivity index (χ0n) is 10.7. The number of carboxylic acids is 1. The molecule has 0 amide bonds. The van der Waals surface area contributed by atoms with Gasteiger partial charge in [0.25, 0.3) is 0 Å². The Labute approximate surface area is 111 Å². The fraction of sp³-hybridized carbons (Fsp3) is 0.909. The lowest BCUT2D eigenvalue weighted by atomic mass is 10.1. The van der Waals surface area contributed by atoms with E-state index in [-0.39, 0.29) is 13.2 Å². The summed E-state index contributed by atoms with van der Waals surface area (Å²) in [7, 11) is 0. The van der Waals surface area contributed by atoms with Crippen molar-refractivity contribution in [2.45, 2.75) is 43.3 Å². The van der Waals surface area contributed by atoms with Crippen LogP contribution in [-0.4, -0.2) is 70.1 Å². The molecule has 0 radical (unpaired) electrons. The van der Waals surface area contributed by atoms with Gasteiger partial charge in [0.05, 0.1) is 13.2 Å². The van der Waals surface area contributed by atoms with Gasteiger partial charge in [-0.25, -0.2) is 0 Å². The molecule has 8 heteroatoms. The van der Waals surface area contributed by atoms with Crippen LogP contribution in [0.5, 0.6) is 0 Å². The number of aliphatic hydroxyl groups excluding tert-OH is 2. The van der Waals surface area contributed by atoms with E-state index in [2.05, 4.69) is 5.32 Å². The maximum Gasteiger partial charge on any atom is 0.320 e. The Morgan fingerprint density at radius 1 is 1.47 bits per heavy atom. The monoisotopic (exact) mass is 278 g/mol. The van der Waals surface area contributed by atoms with Crippen LogP contribution in [-0.2, 0) is 9.53 Å². The number of carbonyl (C=O) groups is 1. The molecule has 4 atom stereocenters. The lowest BCUT2D eigenvalue weighted by Crippen LogP contribution is -2.53. The highest BCUT2D eigenvalue weighted by molar-refractivity contribution is 5.73. The van der Waals surface area contributed by atoms with Crippen LogP contribution in [0.4, 0.5) is 0 Å². The molecule has 7 N–H and O–H groups in total. The largest absolute Gasteiger partial charge is 0.480 e. The van der Waals surface area contributed by atoms with Crippen LogP contribution in [0.2, 0.25) is 0 Å². The Morgan fingerprint density at radius 2 is 2.16 bits per heavy atom. The summed E-state index contributed by atoms with van der Waals surface area (Å²) in [6.45, 7) is 0.0272. The van der Waals surface area contributed by atoms with Crippen molar-refractivity contribution in [2.75, 3.05) is 19.7 Å². The molecule has 1 heterocycles. The van der Waals surface area contributed by atoms with E-state index in [1.807, 2.05) is 0 Å². The number of rotatable bonds is 8. The topological polar surface area (TPSA) is 145 Å². The first-order valence-electron chi connectivity index (χ1n) is 6.29. The molecule has 0 aromatic rings. The third-order valence-electron chi connectivity index (χ3n) is 3.18. The van der Waals surface area contributed by atoms with Gasteiger partial charge in [0.1, 0.15) is 18.2 Å². The smallest absolute Gasteiger partial charge is 0.320 e. The highest BCUT2D eigenvalue weighted by atomic mass is 16.7. The van der Waals surface area contributed by atoms with Gasteiger partial charge in [-0.3, -0.25) is 10.1 Å². The van der Waals surface area contributed by atoms with Crippen molar-refractivity contribution in [3.8, 4) is 0 Å². The summed E-state index contributed by atoms with van der Waals surface area (Å²) in [5, 5.41) is 40.4. The highest BCUT2D eigenvalue weighted by Crippen LogP contribution is 2.23. The van der Waals surface area contributed by atoms with Gasteiger partial charge < -0.3 is 30.9 Å². The second-order valence-corrected chi connectivity index (χ2v) is 4.72. The molecule has 1 saturated heterocycles. The van der Waals surface area contributed by atoms with Gasteiger partial charge in [0, 0.05) is 0 Å². The van der Waals surface area contributed by atoms with Crippen molar-refractivity contribution >= 4 is 5.97 Å². The maximum atomic E-state index is 11.0. The SMILES string of the molecule is NCCCCC(NCC1(O)OCC(O)C1O)C(=O)O. The summed E-state index contributed by atoms with van der Waals surface area (Å²) in [4.78, 5) is 11.0. The molecule has 0 aromatic heterocycles. The Kier molecular flexibility index (Phi) is 6.11. The van der Waals surface area contributed by atoms with Gasteiger partial charge >= 0.3 is 5.97 Å². The fourth-order valence-corrected chi connectivity index (χ4v) is 1.94. The first kappa shape index (κ1) is 16.3. The molecule has 1 fully saturated rings. The van der Waals surface area contributed by atoms with Crippen LogP contribution < -0.4 is 11.1 Å². The summed E-state index contributed by atoms with van der Waals surface area (Å²) in [5.74, 6) is -3.00. The van der Waals surface area contributed by atoms with E-state index in [0.29, 0.717) is 25.8 Å². The molecule has 0 aromatic carbocycles. The lowest BCUT2D eigenvalue weighted by Gasteiger charge is -2.27. The van der Waals surface area contributed by atoms with Crippen LogP contribution in [0.25, 0.3) is 0 Å². The lowest BCUT2D eigenvalue weighted by molar-refractivity contribution is -0.212. The number of hydrogen-bond donors (Lipinski definition) is 6. The Morgan fingerprint density at radius 3 is 2.63 bits per heavy atom. The van der Waals surface area contributed by atoms with Gasteiger partial charge in [-0.1, -0.05) is 6.42 Å². The minimum atomic E-state index is -1.96. The maximum absolute atomic E-state index is 11.0. The number of ether oxygens (including phenoxy) is 1. The van der Waals surface area contributed by atoms with Crippen LogP contribution in [0, 0.1) is 0 Å². The molecule has 0 spiro atoms. The highest BCUT2D eigenvalue weighted by Gasteiger charge is 2.47. The van der Waals surface area contributed by atoms with Crippen LogP contribution in [0.1, 0.15) is 19.3 Å². The predicted molar refractivity (Wildman–Crippen MR) is 65.2 cm³/mol. The number of nitrogens with two attached hydrogens (primary N) is 1. The molecule has 1 aliphatic heterocycles. The average molecular weight is 278 g/mol. The Hall–Kier alpha value is -0.770. The summed E-state index contributed by atoms with van der Waals surface area (Å²) >= 11 is 0. The second-order valence-electron chi connectivity index (χ2n) is 4.72. The van der Waals surface area contributed by atoms with Crippen molar-refractivity contribution in [3.63, 3.8) is 0 Å². The molecular weight excluding hydrogens is 256 g/mol. The quantitative estimate of drug-likeness (QED) is 0.269. The van der Waals surface area contributed by atoms with E-state index in [0.717, 1.165) is 0 Å². The molecule has 0 aliphatic carbocycles. The first-order chi connectivity index (χ1) is 8.90.